The number of ether oxygens (including phenoxy) is 1. The van der Waals surface area contributed by atoms with Crippen LogP contribution in [0.5, 0.6) is 5.75 Å². The lowest BCUT2D eigenvalue weighted by Gasteiger charge is -2.14. The Labute approximate surface area is 144 Å². The third-order valence-electron chi connectivity index (χ3n) is 4.18. The van der Waals surface area contributed by atoms with Crippen LogP contribution in [0.15, 0.2) is 48.5 Å². The van der Waals surface area contributed by atoms with Crippen LogP contribution in [0.3, 0.4) is 0 Å². The second kappa shape index (κ2) is 6.35. The molecule has 0 saturated carbocycles. The van der Waals surface area contributed by atoms with Crippen molar-refractivity contribution < 1.29 is 9.53 Å². The molecule has 1 aliphatic rings. The molecule has 25 heavy (non-hydrogen) atoms. The lowest BCUT2D eigenvalue weighted by molar-refractivity contribution is -0.122. The molecule has 2 heterocycles. The van der Waals surface area contributed by atoms with Crippen molar-refractivity contribution in [2.75, 3.05) is 5.32 Å². The van der Waals surface area contributed by atoms with Crippen LogP contribution < -0.4 is 10.1 Å². The third-order valence-corrected chi connectivity index (χ3v) is 4.18. The summed E-state index contributed by atoms with van der Waals surface area (Å²) in [5.41, 5.74) is 2.42. The Morgan fingerprint density at radius 3 is 2.88 bits per heavy atom. The Bertz CT molecular complexity index is 896. The summed E-state index contributed by atoms with van der Waals surface area (Å²) in [6.45, 7) is 1.98. The number of hydrogen-bond donors (Lipinski definition) is 1. The molecule has 1 aliphatic heterocycles. The zero-order valence-electron chi connectivity index (χ0n) is 13.7. The van der Waals surface area contributed by atoms with Crippen molar-refractivity contribution >= 4 is 11.6 Å². The summed E-state index contributed by atoms with van der Waals surface area (Å²) in [5.74, 6) is 1.31. The highest BCUT2D eigenvalue weighted by atomic mass is 16.5. The van der Waals surface area contributed by atoms with Gasteiger partial charge in [0.1, 0.15) is 5.75 Å². The molecule has 4 rings (SSSR count). The Kier molecular flexibility index (Phi) is 3.89. The van der Waals surface area contributed by atoms with E-state index in [0.29, 0.717) is 18.5 Å². The largest absolute Gasteiger partial charge is 0.480 e. The molecule has 1 atom stereocenters. The van der Waals surface area contributed by atoms with Gasteiger partial charge in [0.2, 0.25) is 0 Å². The lowest BCUT2D eigenvalue weighted by atomic mass is 10.1. The molecular formula is C18H17N5O2. The van der Waals surface area contributed by atoms with Crippen LogP contribution in [0.1, 0.15) is 18.3 Å². The quantitative estimate of drug-likeness (QED) is 0.790. The zero-order chi connectivity index (χ0) is 17.2. The van der Waals surface area contributed by atoms with Gasteiger partial charge in [-0.1, -0.05) is 37.3 Å². The van der Waals surface area contributed by atoms with Crippen LogP contribution in [-0.4, -0.2) is 32.2 Å². The number of amides is 1. The van der Waals surface area contributed by atoms with Crippen molar-refractivity contribution in [3.05, 3.63) is 59.9 Å². The number of nitrogens with zero attached hydrogens (tertiary/aromatic N) is 4. The summed E-state index contributed by atoms with van der Waals surface area (Å²) in [7, 11) is 0. The summed E-state index contributed by atoms with van der Waals surface area (Å²) < 4.78 is 7.40. The summed E-state index contributed by atoms with van der Waals surface area (Å²) >= 11 is 0. The summed E-state index contributed by atoms with van der Waals surface area (Å²) in [6.07, 6.45) is 0.718. The van der Waals surface area contributed by atoms with Gasteiger partial charge in [-0.25, -0.2) is 0 Å². The topological polar surface area (TPSA) is 81.9 Å². The molecule has 7 heteroatoms. The van der Waals surface area contributed by atoms with Gasteiger partial charge in [0, 0.05) is 12.8 Å². The van der Waals surface area contributed by atoms with E-state index in [1.165, 1.54) is 0 Å². The van der Waals surface area contributed by atoms with Gasteiger partial charge in [-0.2, -0.15) is 4.68 Å². The molecular weight excluding hydrogens is 318 g/mol. The predicted molar refractivity (Wildman–Crippen MR) is 91.7 cm³/mol. The Morgan fingerprint density at radius 2 is 2.04 bits per heavy atom. The van der Waals surface area contributed by atoms with Gasteiger partial charge >= 0.3 is 0 Å². The van der Waals surface area contributed by atoms with Crippen LogP contribution in [-0.2, 0) is 17.6 Å². The molecule has 126 valence electrons. The standard InChI is InChI=1S/C18H17N5O2/c1-2-17-20-21-22-23(17)14-9-5-4-8-13(14)19-18(24)16-11-12-7-3-6-10-15(12)25-16/h3-10,16H,2,11H2,1H3,(H,19,24)/t16-/m0/s1. The molecule has 0 aliphatic carbocycles. The second-order valence-corrected chi connectivity index (χ2v) is 5.79. The van der Waals surface area contributed by atoms with Crippen LogP contribution in [0.25, 0.3) is 5.69 Å². The van der Waals surface area contributed by atoms with E-state index < -0.39 is 6.10 Å². The first kappa shape index (κ1) is 15.3. The van der Waals surface area contributed by atoms with E-state index in [2.05, 4.69) is 20.8 Å². The predicted octanol–water partition coefficient (Wildman–Crippen LogP) is 2.17. The molecule has 0 fully saturated rings. The van der Waals surface area contributed by atoms with Crippen molar-refractivity contribution in [1.82, 2.24) is 20.2 Å². The number of aryl methyl sites for hydroxylation is 1. The Balaban J connectivity index is 1.57. The van der Waals surface area contributed by atoms with E-state index in [9.17, 15) is 4.79 Å². The molecule has 3 aromatic rings. The van der Waals surface area contributed by atoms with Gasteiger partial charge < -0.3 is 10.1 Å². The minimum absolute atomic E-state index is 0.185. The van der Waals surface area contributed by atoms with Gasteiger partial charge in [0.15, 0.2) is 11.9 Å². The molecule has 1 N–H and O–H groups in total. The van der Waals surface area contributed by atoms with E-state index in [1.807, 2.05) is 55.5 Å². The number of aromatic nitrogens is 4. The number of nitrogens with one attached hydrogen (secondary N) is 1. The second-order valence-electron chi connectivity index (χ2n) is 5.79. The van der Waals surface area contributed by atoms with Crippen LogP contribution in [0.2, 0.25) is 0 Å². The highest BCUT2D eigenvalue weighted by Crippen LogP contribution is 2.29. The number of hydrogen-bond acceptors (Lipinski definition) is 5. The summed E-state index contributed by atoms with van der Waals surface area (Å²) in [6, 6.07) is 15.1. The zero-order valence-corrected chi connectivity index (χ0v) is 13.7. The fourth-order valence-corrected chi connectivity index (χ4v) is 2.92. The maximum atomic E-state index is 12.7. The number of carbonyl (C=O) groups is 1. The molecule has 0 spiro atoms. The molecule has 0 saturated heterocycles. The van der Waals surface area contributed by atoms with Crippen molar-refractivity contribution in [1.29, 1.82) is 0 Å². The van der Waals surface area contributed by atoms with Crippen molar-refractivity contribution in [2.45, 2.75) is 25.9 Å². The molecule has 1 amide bonds. The average Bonchev–Trinajstić information content (AvgIpc) is 3.28. The molecule has 1 aromatic heterocycles. The van der Waals surface area contributed by atoms with E-state index in [-0.39, 0.29) is 5.91 Å². The minimum Gasteiger partial charge on any atom is -0.480 e. The number of tetrazole rings is 1. The van der Waals surface area contributed by atoms with E-state index in [0.717, 1.165) is 22.8 Å². The highest BCUT2D eigenvalue weighted by Gasteiger charge is 2.29. The van der Waals surface area contributed by atoms with Gasteiger partial charge in [-0.15, -0.1) is 5.10 Å². The van der Waals surface area contributed by atoms with Crippen LogP contribution in [0, 0.1) is 0 Å². The lowest BCUT2D eigenvalue weighted by Crippen LogP contribution is -2.31. The maximum absolute atomic E-state index is 12.7. The van der Waals surface area contributed by atoms with Crippen LogP contribution in [0.4, 0.5) is 5.69 Å². The fourth-order valence-electron chi connectivity index (χ4n) is 2.92. The molecule has 0 bridgehead atoms. The number of fused-ring (bicyclic) bond motifs is 1. The number of carbonyl (C=O) groups excluding carboxylic acids is 1. The maximum Gasteiger partial charge on any atom is 0.265 e. The van der Waals surface area contributed by atoms with Gasteiger partial charge in [0.05, 0.1) is 11.4 Å². The number of para-hydroxylation sites is 3. The number of anilines is 1. The minimum atomic E-state index is -0.537. The monoisotopic (exact) mass is 335 g/mol. The fraction of sp³-hybridized carbons (Fsp3) is 0.222. The van der Waals surface area contributed by atoms with E-state index in [4.69, 9.17) is 4.74 Å². The Hall–Kier alpha value is -3.22. The van der Waals surface area contributed by atoms with Crippen molar-refractivity contribution in [3.63, 3.8) is 0 Å². The Morgan fingerprint density at radius 1 is 1.24 bits per heavy atom. The van der Waals surface area contributed by atoms with Gasteiger partial charge in [-0.05, 0) is 34.2 Å². The first-order valence-electron chi connectivity index (χ1n) is 8.18. The van der Waals surface area contributed by atoms with Crippen molar-refractivity contribution in [2.24, 2.45) is 0 Å². The SMILES string of the molecule is CCc1nnnn1-c1ccccc1NC(=O)[C@@H]1Cc2ccccc2O1. The van der Waals surface area contributed by atoms with Crippen LogP contribution >= 0.6 is 0 Å². The molecule has 0 unspecified atom stereocenters. The molecule has 2 aromatic carbocycles. The highest BCUT2D eigenvalue weighted by molar-refractivity contribution is 5.96. The third kappa shape index (κ3) is 2.84. The first-order valence-corrected chi connectivity index (χ1v) is 8.18. The average molecular weight is 335 g/mol. The molecule has 7 nitrogen and oxygen atoms in total. The van der Waals surface area contributed by atoms with Crippen molar-refractivity contribution in [3.8, 4) is 11.4 Å². The first-order chi connectivity index (χ1) is 12.3. The normalized spacial score (nSPS) is 15.5. The smallest absolute Gasteiger partial charge is 0.265 e. The summed E-state index contributed by atoms with van der Waals surface area (Å²) in [5, 5.41) is 14.7. The number of rotatable bonds is 4. The van der Waals surface area contributed by atoms with E-state index >= 15 is 0 Å². The number of benzene rings is 2. The molecule has 0 radical (unpaired) electrons. The van der Waals surface area contributed by atoms with Gasteiger partial charge in [0.25, 0.3) is 5.91 Å². The summed E-state index contributed by atoms with van der Waals surface area (Å²) in [4.78, 5) is 12.7. The van der Waals surface area contributed by atoms with E-state index in [1.54, 1.807) is 4.68 Å². The van der Waals surface area contributed by atoms with Gasteiger partial charge in [-0.3, -0.25) is 4.79 Å².